The number of anilines is 1. The molecule has 158 valence electrons. The van der Waals surface area contributed by atoms with Crippen LogP contribution in [0.3, 0.4) is 0 Å². The van der Waals surface area contributed by atoms with Crippen LogP contribution in [-0.2, 0) is 16.9 Å². The van der Waals surface area contributed by atoms with Crippen molar-refractivity contribution < 1.29 is 19.8 Å². The molecule has 0 saturated heterocycles. The monoisotopic (exact) mass is 423 g/mol. The molecule has 2 N–H and O–H groups in total. The van der Waals surface area contributed by atoms with Crippen molar-refractivity contribution in [1.82, 2.24) is 0 Å². The Hall–Kier alpha value is -3.96. The van der Waals surface area contributed by atoms with Crippen molar-refractivity contribution in [3.05, 3.63) is 108 Å². The predicted molar refractivity (Wildman–Crippen MR) is 123 cm³/mol. The van der Waals surface area contributed by atoms with Gasteiger partial charge < -0.3 is 15.1 Å². The van der Waals surface area contributed by atoms with Gasteiger partial charge in [0.2, 0.25) is 0 Å². The number of phenols is 1. The van der Waals surface area contributed by atoms with E-state index < -0.39 is 23.7 Å². The molecule has 1 aliphatic heterocycles. The number of carbonyl (C=O) groups is 2. The first-order valence-corrected chi connectivity index (χ1v) is 10.4. The normalized spacial score (nSPS) is 17.5. The van der Waals surface area contributed by atoms with E-state index in [-0.39, 0.29) is 17.9 Å². The number of aliphatic hydroxyl groups is 1. The molecule has 0 bridgehead atoms. The standard InChI is InChI=1S/C27H21NO4/c29-24-15-6-3-12-21(24)25(30)16-27(32)22-13-4-5-14-23(22)28(26(27)31)17-19-10-7-9-18-8-1-2-11-20(18)19/h1-15,29,32H,16-17H2/t27-/m1/s1. The van der Waals surface area contributed by atoms with Crippen LogP contribution in [0.1, 0.15) is 27.9 Å². The number of Topliss-reactive ketones (excluding diaryl/α,β-unsaturated/α-hetero) is 1. The lowest BCUT2D eigenvalue weighted by molar-refractivity contribution is -0.136. The van der Waals surface area contributed by atoms with Crippen molar-refractivity contribution in [2.75, 3.05) is 4.90 Å². The third-order valence-electron chi connectivity index (χ3n) is 6.07. The van der Waals surface area contributed by atoms with Crippen LogP contribution in [0, 0.1) is 0 Å². The Labute approximate surface area is 185 Å². The van der Waals surface area contributed by atoms with Crippen molar-refractivity contribution in [1.29, 1.82) is 0 Å². The Morgan fingerprint density at radius 2 is 1.53 bits per heavy atom. The van der Waals surface area contributed by atoms with Gasteiger partial charge in [0, 0.05) is 5.56 Å². The molecule has 5 heteroatoms. The maximum absolute atomic E-state index is 13.5. The van der Waals surface area contributed by atoms with Crippen molar-refractivity contribution >= 4 is 28.2 Å². The second-order valence-corrected chi connectivity index (χ2v) is 8.02. The van der Waals surface area contributed by atoms with Gasteiger partial charge in [-0.15, -0.1) is 0 Å². The van der Waals surface area contributed by atoms with Crippen molar-refractivity contribution in [2.24, 2.45) is 0 Å². The highest BCUT2D eigenvalue weighted by Crippen LogP contribution is 2.44. The summed E-state index contributed by atoms with van der Waals surface area (Å²) in [5.74, 6) is -1.22. The lowest BCUT2D eigenvalue weighted by Crippen LogP contribution is -2.41. The fourth-order valence-corrected chi connectivity index (χ4v) is 4.47. The number of fused-ring (bicyclic) bond motifs is 2. The molecule has 1 aliphatic rings. The van der Waals surface area contributed by atoms with Gasteiger partial charge in [-0.25, -0.2) is 0 Å². The highest BCUT2D eigenvalue weighted by molar-refractivity contribution is 6.11. The van der Waals surface area contributed by atoms with E-state index in [1.165, 1.54) is 17.0 Å². The molecule has 5 nitrogen and oxygen atoms in total. The maximum Gasteiger partial charge on any atom is 0.264 e. The largest absolute Gasteiger partial charge is 0.507 e. The molecule has 0 aliphatic carbocycles. The molecule has 0 radical (unpaired) electrons. The number of phenolic OH excluding ortho intramolecular Hbond substituents is 1. The maximum atomic E-state index is 13.5. The van der Waals surface area contributed by atoms with Crippen LogP contribution in [0.5, 0.6) is 5.75 Å². The van der Waals surface area contributed by atoms with Crippen molar-refractivity contribution in [2.45, 2.75) is 18.6 Å². The SMILES string of the molecule is O=C(C[C@]1(O)C(=O)N(Cc2cccc3ccccc23)c2ccccc21)c1ccccc1O. The predicted octanol–water partition coefficient (Wildman–Crippen LogP) is 4.55. The van der Waals surface area contributed by atoms with Crippen molar-refractivity contribution in [3.8, 4) is 5.75 Å². The average molecular weight is 423 g/mol. The van der Waals surface area contributed by atoms with Crippen LogP contribution in [0.15, 0.2) is 91.0 Å². The Morgan fingerprint density at radius 1 is 0.844 bits per heavy atom. The first-order valence-electron chi connectivity index (χ1n) is 10.4. The van der Waals surface area contributed by atoms with Crippen LogP contribution in [0.2, 0.25) is 0 Å². The van der Waals surface area contributed by atoms with E-state index in [9.17, 15) is 19.8 Å². The summed E-state index contributed by atoms with van der Waals surface area (Å²) in [6.45, 7) is 0.268. The lowest BCUT2D eigenvalue weighted by atomic mass is 9.88. The van der Waals surface area contributed by atoms with Gasteiger partial charge in [-0.2, -0.15) is 0 Å². The molecule has 0 aromatic heterocycles. The number of benzene rings is 4. The molecule has 4 aromatic carbocycles. The highest BCUT2D eigenvalue weighted by Gasteiger charge is 2.51. The molecule has 0 unspecified atom stereocenters. The fourth-order valence-electron chi connectivity index (χ4n) is 4.47. The minimum Gasteiger partial charge on any atom is -0.507 e. The van der Waals surface area contributed by atoms with Gasteiger partial charge in [-0.3, -0.25) is 9.59 Å². The molecule has 1 atom stereocenters. The van der Waals surface area contributed by atoms with E-state index in [0.29, 0.717) is 11.3 Å². The molecular formula is C27H21NO4. The second-order valence-electron chi connectivity index (χ2n) is 8.02. The zero-order valence-corrected chi connectivity index (χ0v) is 17.2. The highest BCUT2D eigenvalue weighted by atomic mass is 16.3. The van der Waals surface area contributed by atoms with Crippen LogP contribution in [-0.4, -0.2) is 21.9 Å². The molecule has 0 saturated carbocycles. The van der Waals surface area contributed by atoms with E-state index in [4.69, 9.17) is 0 Å². The summed E-state index contributed by atoms with van der Waals surface area (Å²) in [6, 6.07) is 27.0. The summed E-state index contributed by atoms with van der Waals surface area (Å²) in [4.78, 5) is 28.0. The van der Waals surface area contributed by atoms with Gasteiger partial charge in [-0.1, -0.05) is 72.8 Å². The number of nitrogens with zero attached hydrogens (tertiary/aromatic N) is 1. The minimum atomic E-state index is -2.00. The molecular weight excluding hydrogens is 402 g/mol. The Bertz CT molecular complexity index is 1360. The van der Waals surface area contributed by atoms with E-state index in [0.717, 1.165) is 16.3 Å². The average Bonchev–Trinajstić information content (AvgIpc) is 3.01. The molecule has 4 aromatic rings. The quantitative estimate of drug-likeness (QED) is 0.462. The Balaban J connectivity index is 1.53. The summed E-state index contributed by atoms with van der Waals surface area (Å²) < 4.78 is 0. The van der Waals surface area contributed by atoms with E-state index >= 15 is 0 Å². The number of carbonyl (C=O) groups excluding carboxylic acids is 2. The van der Waals surface area contributed by atoms with Gasteiger partial charge in [0.05, 0.1) is 24.2 Å². The number of amides is 1. The third-order valence-corrected chi connectivity index (χ3v) is 6.07. The van der Waals surface area contributed by atoms with E-state index in [1.54, 1.807) is 36.4 Å². The number of hydrogen-bond acceptors (Lipinski definition) is 4. The number of aromatic hydroxyl groups is 1. The topological polar surface area (TPSA) is 77.8 Å². The van der Waals surface area contributed by atoms with E-state index in [2.05, 4.69) is 0 Å². The van der Waals surface area contributed by atoms with Gasteiger partial charge >= 0.3 is 0 Å². The number of rotatable bonds is 5. The number of para-hydroxylation sites is 2. The van der Waals surface area contributed by atoms with Crippen LogP contribution >= 0.6 is 0 Å². The van der Waals surface area contributed by atoms with Gasteiger partial charge in [0.25, 0.3) is 5.91 Å². The second kappa shape index (κ2) is 7.62. The Kier molecular flexibility index (Phi) is 4.76. The summed E-state index contributed by atoms with van der Waals surface area (Å²) in [5, 5.41) is 23.6. The van der Waals surface area contributed by atoms with Gasteiger partial charge in [-0.05, 0) is 34.5 Å². The van der Waals surface area contributed by atoms with Gasteiger partial charge in [0.1, 0.15) is 5.75 Å². The fraction of sp³-hybridized carbons (Fsp3) is 0.111. The smallest absolute Gasteiger partial charge is 0.264 e. The third kappa shape index (κ3) is 3.15. The minimum absolute atomic E-state index is 0.0821. The Morgan fingerprint density at radius 3 is 2.38 bits per heavy atom. The summed E-state index contributed by atoms with van der Waals surface area (Å²) in [7, 11) is 0. The molecule has 0 fully saturated rings. The molecule has 32 heavy (non-hydrogen) atoms. The van der Waals surface area contributed by atoms with Crippen molar-refractivity contribution in [3.63, 3.8) is 0 Å². The lowest BCUT2D eigenvalue weighted by Gasteiger charge is -2.23. The first-order chi connectivity index (χ1) is 15.5. The molecule has 1 heterocycles. The van der Waals surface area contributed by atoms with Crippen LogP contribution in [0.25, 0.3) is 10.8 Å². The van der Waals surface area contributed by atoms with Gasteiger partial charge in [0.15, 0.2) is 11.4 Å². The van der Waals surface area contributed by atoms with Crippen LogP contribution < -0.4 is 4.90 Å². The van der Waals surface area contributed by atoms with Crippen LogP contribution in [0.4, 0.5) is 5.69 Å². The molecule has 5 rings (SSSR count). The number of ketones is 1. The summed E-state index contributed by atoms with van der Waals surface area (Å²) in [5.41, 5.74) is 0.00819. The number of hydrogen-bond donors (Lipinski definition) is 2. The molecule has 0 spiro atoms. The zero-order valence-electron chi connectivity index (χ0n) is 17.2. The summed E-state index contributed by atoms with van der Waals surface area (Å²) in [6.07, 6.45) is -0.452. The first kappa shape index (κ1) is 20.0. The molecule has 1 amide bonds. The zero-order chi connectivity index (χ0) is 22.3. The van der Waals surface area contributed by atoms with E-state index in [1.807, 2.05) is 42.5 Å². The summed E-state index contributed by atoms with van der Waals surface area (Å²) >= 11 is 0.